The van der Waals surface area contributed by atoms with Crippen molar-refractivity contribution in [3.8, 4) is 5.75 Å². The molecule has 1 aliphatic rings. The summed E-state index contributed by atoms with van der Waals surface area (Å²) in [5, 5.41) is 0. The van der Waals surface area contributed by atoms with Crippen LogP contribution in [0.25, 0.3) is 0 Å². The summed E-state index contributed by atoms with van der Waals surface area (Å²) in [4.78, 5) is 16.8. The molecule has 3 aromatic rings. The van der Waals surface area contributed by atoms with Gasteiger partial charge in [-0.1, -0.05) is 42.5 Å². The van der Waals surface area contributed by atoms with E-state index in [9.17, 15) is 17.6 Å². The van der Waals surface area contributed by atoms with Gasteiger partial charge in [0.25, 0.3) is 5.91 Å². The number of halogens is 1. The van der Waals surface area contributed by atoms with Crippen molar-refractivity contribution in [3.05, 3.63) is 95.8 Å². The quantitative estimate of drug-likeness (QED) is 0.440. The van der Waals surface area contributed by atoms with Gasteiger partial charge in [0.1, 0.15) is 11.6 Å². The van der Waals surface area contributed by atoms with Crippen molar-refractivity contribution in [2.24, 2.45) is 0 Å². The zero-order valence-electron chi connectivity index (χ0n) is 20.2. The van der Waals surface area contributed by atoms with Gasteiger partial charge in [-0.15, -0.1) is 0 Å². The molecule has 0 aromatic heterocycles. The summed E-state index contributed by atoms with van der Waals surface area (Å²) in [5.74, 6) is 0.0207. The van der Waals surface area contributed by atoms with Crippen LogP contribution in [0.5, 0.6) is 5.75 Å². The Balaban J connectivity index is 1.29. The average molecular weight is 512 g/mol. The minimum Gasteiger partial charge on any atom is -0.484 e. The van der Waals surface area contributed by atoms with Gasteiger partial charge in [-0.05, 0) is 47.5 Å². The molecule has 1 fully saturated rings. The van der Waals surface area contributed by atoms with Crippen LogP contribution in [0.2, 0.25) is 0 Å². The Morgan fingerprint density at radius 2 is 1.53 bits per heavy atom. The van der Waals surface area contributed by atoms with Gasteiger partial charge >= 0.3 is 0 Å². The van der Waals surface area contributed by atoms with E-state index in [2.05, 4.69) is 17.0 Å². The highest BCUT2D eigenvalue weighted by Gasteiger charge is 2.22. The molecule has 0 spiro atoms. The summed E-state index contributed by atoms with van der Waals surface area (Å²) in [6, 6.07) is 22.5. The Morgan fingerprint density at radius 3 is 2.14 bits per heavy atom. The first-order valence-electron chi connectivity index (χ1n) is 11.8. The fraction of sp³-hybridized carbons (Fsp3) is 0.296. The smallest absolute Gasteiger partial charge is 0.260 e. The van der Waals surface area contributed by atoms with Crippen LogP contribution >= 0.6 is 0 Å². The number of piperazine rings is 1. The molecule has 4 rings (SSSR count). The Labute approximate surface area is 211 Å². The normalized spacial score (nSPS) is 14.4. The Morgan fingerprint density at radius 1 is 0.889 bits per heavy atom. The Kier molecular flexibility index (Phi) is 8.22. The topological polar surface area (TPSA) is 70.2 Å². The summed E-state index contributed by atoms with van der Waals surface area (Å²) < 4.78 is 44.9. The van der Waals surface area contributed by atoms with E-state index in [1.165, 1.54) is 22.0 Å². The van der Waals surface area contributed by atoms with E-state index in [1.807, 2.05) is 23.1 Å². The molecule has 0 aliphatic carbocycles. The van der Waals surface area contributed by atoms with Gasteiger partial charge in [0, 0.05) is 32.7 Å². The van der Waals surface area contributed by atoms with E-state index < -0.39 is 10.0 Å². The van der Waals surface area contributed by atoms with Crippen LogP contribution in [0.1, 0.15) is 11.1 Å². The van der Waals surface area contributed by atoms with Crippen molar-refractivity contribution in [3.63, 3.8) is 0 Å². The molecule has 0 atom stereocenters. The number of ether oxygens (including phenoxy) is 1. The molecule has 7 nitrogen and oxygen atoms in total. The molecule has 1 aliphatic heterocycles. The second kappa shape index (κ2) is 11.5. The molecule has 1 saturated heterocycles. The molecule has 36 heavy (non-hydrogen) atoms. The highest BCUT2D eigenvalue weighted by molar-refractivity contribution is 7.92. The first-order valence-corrected chi connectivity index (χ1v) is 13.6. The van der Waals surface area contributed by atoms with Gasteiger partial charge < -0.3 is 9.64 Å². The second-order valence-corrected chi connectivity index (χ2v) is 10.7. The van der Waals surface area contributed by atoms with Gasteiger partial charge in [-0.3, -0.25) is 14.0 Å². The third kappa shape index (κ3) is 7.05. The van der Waals surface area contributed by atoms with Crippen LogP contribution in [0.3, 0.4) is 0 Å². The maximum absolute atomic E-state index is 13.2. The molecule has 0 saturated carbocycles. The largest absolute Gasteiger partial charge is 0.484 e. The lowest BCUT2D eigenvalue weighted by atomic mass is 10.2. The number of amides is 1. The molecule has 1 amide bonds. The lowest BCUT2D eigenvalue weighted by molar-refractivity contribution is -0.135. The van der Waals surface area contributed by atoms with Crippen LogP contribution in [-0.2, 0) is 27.9 Å². The van der Waals surface area contributed by atoms with Gasteiger partial charge in [-0.2, -0.15) is 0 Å². The maximum Gasteiger partial charge on any atom is 0.260 e. The molecule has 0 N–H and O–H groups in total. The van der Waals surface area contributed by atoms with Gasteiger partial charge in [0.05, 0.1) is 18.5 Å². The maximum atomic E-state index is 13.2. The van der Waals surface area contributed by atoms with Gasteiger partial charge in [0.15, 0.2) is 6.61 Å². The molecule has 9 heteroatoms. The molecule has 0 bridgehead atoms. The molecule has 0 unspecified atom stereocenters. The number of rotatable bonds is 9. The summed E-state index contributed by atoms with van der Waals surface area (Å²) in [5.41, 5.74) is 2.38. The molecule has 3 aromatic carbocycles. The average Bonchev–Trinajstić information content (AvgIpc) is 2.88. The van der Waals surface area contributed by atoms with E-state index in [4.69, 9.17) is 4.74 Å². The number of hydrogen-bond donors (Lipinski definition) is 0. The van der Waals surface area contributed by atoms with Crippen molar-refractivity contribution in [2.45, 2.75) is 13.1 Å². The number of benzene rings is 3. The van der Waals surface area contributed by atoms with E-state index >= 15 is 0 Å². The van der Waals surface area contributed by atoms with E-state index in [-0.39, 0.29) is 24.9 Å². The predicted octanol–water partition coefficient (Wildman–Crippen LogP) is 3.52. The van der Waals surface area contributed by atoms with Crippen molar-refractivity contribution in [2.75, 3.05) is 43.3 Å². The SMILES string of the molecule is CS(=O)(=O)N(Cc1ccc(F)cc1)c1ccc(OCC(=O)N2CCN(Cc3ccccc3)CC2)cc1. The minimum atomic E-state index is -3.57. The highest BCUT2D eigenvalue weighted by Crippen LogP contribution is 2.24. The summed E-state index contributed by atoms with van der Waals surface area (Å²) in [7, 11) is -3.57. The molecule has 0 radical (unpaired) electrons. The summed E-state index contributed by atoms with van der Waals surface area (Å²) in [6.45, 7) is 3.80. The molecular formula is C27H30FN3O4S. The Hall–Kier alpha value is -3.43. The van der Waals surface area contributed by atoms with Gasteiger partial charge in [-0.25, -0.2) is 12.8 Å². The fourth-order valence-electron chi connectivity index (χ4n) is 4.10. The van der Waals surface area contributed by atoms with Crippen molar-refractivity contribution >= 4 is 21.6 Å². The third-order valence-corrected chi connectivity index (χ3v) is 7.24. The minimum absolute atomic E-state index is 0.0764. The number of carbonyl (C=O) groups is 1. The van der Waals surface area contributed by atoms with E-state index in [1.54, 1.807) is 36.4 Å². The van der Waals surface area contributed by atoms with Crippen molar-refractivity contribution in [1.29, 1.82) is 0 Å². The van der Waals surface area contributed by atoms with Crippen molar-refractivity contribution < 1.29 is 22.3 Å². The fourth-order valence-corrected chi connectivity index (χ4v) is 4.99. The Bertz CT molecular complexity index is 1240. The number of sulfonamides is 1. The number of carbonyl (C=O) groups excluding carboxylic acids is 1. The molecule has 190 valence electrons. The highest BCUT2D eigenvalue weighted by atomic mass is 32.2. The first kappa shape index (κ1) is 25.7. The van der Waals surface area contributed by atoms with Crippen molar-refractivity contribution in [1.82, 2.24) is 9.80 Å². The first-order chi connectivity index (χ1) is 17.3. The lowest BCUT2D eigenvalue weighted by Gasteiger charge is -2.34. The zero-order chi connectivity index (χ0) is 25.5. The standard InChI is InChI=1S/C27H30FN3O4S/c1-36(33,34)31(20-23-7-9-24(28)10-8-23)25-11-13-26(14-12-25)35-21-27(32)30-17-15-29(16-18-30)19-22-5-3-2-4-6-22/h2-14H,15-21H2,1H3. The van der Waals surface area contributed by atoms with E-state index in [0.29, 0.717) is 30.1 Å². The zero-order valence-corrected chi connectivity index (χ0v) is 21.0. The lowest BCUT2D eigenvalue weighted by Crippen LogP contribution is -2.49. The van der Waals surface area contributed by atoms with Crippen LogP contribution in [0.15, 0.2) is 78.9 Å². The third-order valence-electron chi connectivity index (χ3n) is 6.10. The summed E-state index contributed by atoms with van der Waals surface area (Å²) >= 11 is 0. The second-order valence-electron chi connectivity index (χ2n) is 8.82. The van der Waals surface area contributed by atoms with E-state index in [0.717, 1.165) is 25.9 Å². The predicted molar refractivity (Wildman–Crippen MR) is 138 cm³/mol. The van der Waals surface area contributed by atoms with Crippen LogP contribution in [-0.4, -0.2) is 63.2 Å². The number of anilines is 1. The van der Waals surface area contributed by atoms with Crippen LogP contribution in [0.4, 0.5) is 10.1 Å². The summed E-state index contributed by atoms with van der Waals surface area (Å²) in [6.07, 6.45) is 1.12. The van der Waals surface area contributed by atoms with Crippen LogP contribution in [0, 0.1) is 5.82 Å². The van der Waals surface area contributed by atoms with Crippen LogP contribution < -0.4 is 9.04 Å². The number of nitrogens with zero attached hydrogens (tertiary/aromatic N) is 3. The molecule has 1 heterocycles. The molecular weight excluding hydrogens is 481 g/mol. The van der Waals surface area contributed by atoms with Gasteiger partial charge in [0.2, 0.25) is 10.0 Å². The monoisotopic (exact) mass is 511 g/mol. The number of hydrogen-bond acceptors (Lipinski definition) is 5.